The highest BCUT2D eigenvalue weighted by Gasteiger charge is 2.13. The van der Waals surface area contributed by atoms with Gasteiger partial charge < -0.3 is 15.4 Å². The van der Waals surface area contributed by atoms with Crippen molar-refractivity contribution in [3.63, 3.8) is 0 Å². The van der Waals surface area contributed by atoms with Crippen molar-refractivity contribution in [2.24, 2.45) is 11.7 Å². The van der Waals surface area contributed by atoms with E-state index < -0.39 is 0 Å². The van der Waals surface area contributed by atoms with Crippen molar-refractivity contribution in [1.29, 1.82) is 0 Å². The lowest BCUT2D eigenvalue weighted by atomic mass is 10.1. The Morgan fingerprint density at radius 3 is 2.32 bits per heavy atom. The average molecular weight is 271 g/mol. The van der Waals surface area contributed by atoms with Gasteiger partial charge in [0, 0.05) is 26.2 Å². The Kier molecular flexibility index (Phi) is 9.43. The highest BCUT2D eigenvalue weighted by Crippen LogP contribution is 2.04. The van der Waals surface area contributed by atoms with Crippen LogP contribution in [0.5, 0.6) is 0 Å². The number of nitrogens with zero attached hydrogens (tertiary/aromatic N) is 2. The zero-order valence-corrected chi connectivity index (χ0v) is 12.9. The van der Waals surface area contributed by atoms with Gasteiger partial charge in [0.15, 0.2) is 0 Å². The fourth-order valence-corrected chi connectivity index (χ4v) is 2.40. The summed E-state index contributed by atoms with van der Waals surface area (Å²) >= 11 is 0. The first-order valence-corrected chi connectivity index (χ1v) is 7.95. The van der Waals surface area contributed by atoms with Crippen LogP contribution < -0.4 is 5.73 Å². The molecule has 1 saturated heterocycles. The standard InChI is InChI=1S/C15H33N3O/c1-15(2)5-13-19-14-12-18-9-4-8-17(10-11-18)7-3-6-16/h15H,3-14,16H2,1-2H3. The zero-order valence-electron chi connectivity index (χ0n) is 12.9. The first-order valence-electron chi connectivity index (χ1n) is 7.95. The summed E-state index contributed by atoms with van der Waals surface area (Å²) in [6, 6.07) is 0. The highest BCUT2D eigenvalue weighted by molar-refractivity contribution is 4.69. The molecule has 1 aliphatic rings. The third kappa shape index (κ3) is 8.58. The van der Waals surface area contributed by atoms with Gasteiger partial charge >= 0.3 is 0 Å². The summed E-state index contributed by atoms with van der Waals surface area (Å²) in [6.07, 6.45) is 3.57. The minimum Gasteiger partial charge on any atom is -0.380 e. The quantitative estimate of drug-likeness (QED) is 0.644. The Morgan fingerprint density at radius 1 is 1.00 bits per heavy atom. The van der Waals surface area contributed by atoms with E-state index in [4.69, 9.17) is 10.5 Å². The monoisotopic (exact) mass is 271 g/mol. The maximum atomic E-state index is 5.71. The van der Waals surface area contributed by atoms with Crippen LogP contribution >= 0.6 is 0 Å². The van der Waals surface area contributed by atoms with Crippen molar-refractivity contribution in [2.75, 3.05) is 59.0 Å². The van der Waals surface area contributed by atoms with Crippen molar-refractivity contribution >= 4 is 0 Å². The molecule has 4 heteroatoms. The van der Waals surface area contributed by atoms with Gasteiger partial charge in [-0.3, -0.25) is 4.90 Å². The molecule has 0 radical (unpaired) electrons. The zero-order chi connectivity index (χ0) is 13.9. The predicted octanol–water partition coefficient (Wildman–Crippen LogP) is 1.41. The molecule has 1 aliphatic heterocycles. The lowest BCUT2D eigenvalue weighted by molar-refractivity contribution is 0.0969. The van der Waals surface area contributed by atoms with Crippen LogP contribution in [-0.4, -0.2) is 68.8 Å². The molecule has 0 saturated carbocycles. The Balaban J connectivity index is 2.05. The van der Waals surface area contributed by atoms with Gasteiger partial charge in [0.25, 0.3) is 0 Å². The molecule has 0 aromatic carbocycles. The third-order valence-corrected chi connectivity index (χ3v) is 3.75. The molecule has 0 aromatic heterocycles. The van der Waals surface area contributed by atoms with Gasteiger partial charge in [0.2, 0.25) is 0 Å². The Hall–Kier alpha value is -0.160. The summed E-state index contributed by atoms with van der Waals surface area (Å²) in [5, 5.41) is 0. The molecule has 0 spiro atoms. The third-order valence-electron chi connectivity index (χ3n) is 3.75. The van der Waals surface area contributed by atoms with E-state index in [9.17, 15) is 0 Å². The van der Waals surface area contributed by atoms with Gasteiger partial charge in [-0.15, -0.1) is 0 Å². The van der Waals surface area contributed by atoms with E-state index in [1.807, 2.05) is 0 Å². The summed E-state index contributed by atoms with van der Waals surface area (Å²) in [7, 11) is 0. The summed E-state index contributed by atoms with van der Waals surface area (Å²) < 4.78 is 5.71. The smallest absolute Gasteiger partial charge is 0.0593 e. The molecule has 1 fully saturated rings. The minimum atomic E-state index is 0.745. The van der Waals surface area contributed by atoms with Crippen LogP contribution in [0.2, 0.25) is 0 Å². The van der Waals surface area contributed by atoms with Crippen LogP contribution in [0.25, 0.3) is 0 Å². The van der Waals surface area contributed by atoms with E-state index in [2.05, 4.69) is 23.6 Å². The number of rotatable bonds is 9. The molecule has 0 aromatic rings. The van der Waals surface area contributed by atoms with Crippen LogP contribution in [0.4, 0.5) is 0 Å². The summed E-state index contributed by atoms with van der Waals surface area (Å²) in [5.74, 6) is 0.745. The Bertz CT molecular complexity index is 212. The van der Waals surface area contributed by atoms with E-state index in [1.165, 1.54) is 39.0 Å². The maximum Gasteiger partial charge on any atom is 0.0593 e. The van der Waals surface area contributed by atoms with Crippen LogP contribution in [0.1, 0.15) is 33.1 Å². The molecule has 0 bridgehead atoms. The van der Waals surface area contributed by atoms with E-state index in [1.54, 1.807) is 0 Å². The maximum absolute atomic E-state index is 5.71. The molecule has 19 heavy (non-hydrogen) atoms. The lowest BCUT2D eigenvalue weighted by Crippen LogP contribution is -2.33. The second-order valence-electron chi connectivity index (χ2n) is 5.97. The van der Waals surface area contributed by atoms with Crippen molar-refractivity contribution < 1.29 is 4.74 Å². The van der Waals surface area contributed by atoms with E-state index >= 15 is 0 Å². The number of hydrogen-bond acceptors (Lipinski definition) is 4. The molecule has 0 amide bonds. The van der Waals surface area contributed by atoms with Crippen LogP contribution in [0.15, 0.2) is 0 Å². The van der Waals surface area contributed by atoms with Crippen LogP contribution in [0.3, 0.4) is 0 Å². The van der Waals surface area contributed by atoms with E-state index in [0.29, 0.717) is 0 Å². The van der Waals surface area contributed by atoms with Crippen molar-refractivity contribution in [2.45, 2.75) is 33.1 Å². The molecule has 114 valence electrons. The topological polar surface area (TPSA) is 41.7 Å². The number of ether oxygens (including phenoxy) is 1. The van der Waals surface area contributed by atoms with E-state index in [0.717, 1.165) is 45.2 Å². The second kappa shape index (κ2) is 10.6. The summed E-state index contributed by atoms with van der Waals surface area (Å²) in [6.45, 7) is 14.1. The van der Waals surface area contributed by atoms with Gasteiger partial charge in [0.1, 0.15) is 0 Å². The predicted molar refractivity (Wildman–Crippen MR) is 81.4 cm³/mol. The Morgan fingerprint density at radius 2 is 1.68 bits per heavy atom. The molecular weight excluding hydrogens is 238 g/mol. The first-order chi connectivity index (χ1) is 9.22. The summed E-state index contributed by atoms with van der Waals surface area (Å²) in [5.41, 5.74) is 5.57. The summed E-state index contributed by atoms with van der Waals surface area (Å²) in [4.78, 5) is 5.09. The van der Waals surface area contributed by atoms with Gasteiger partial charge in [-0.25, -0.2) is 0 Å². The van der Waals surface area contributed by atoms with Crippen molar-refractivity contribution in [3.8, 4) is 0 Å². The molecule has 1 rings (SSSR count). The fourth-order valence-electron chi connectivity index (χ4n) is 2.40. The fraction of sp³-hybridized carbons (Fsp3) is 1.00. The Labute approximate surface area is 119 Å². The van der Waals surface area contributed by atoms with Crippen molar-refractivity contribution in [1.82, 2.24) is 9.80 Å². The van der Waals surface area contributed by atoms with Gasteiger partial charge in [-0.2, -0.15) is 0 Å². The lowest BCUT2D eigenvalue weighted by Gasteiger charge is -2.21. The minimum absolute atomic E-state index is 0.745. The molecular formula is C15H33N3O. The molecule has 0 unspecified atom stereocenters. The molecule has 1 heterocycles. The molecule has 0 aliphatic carbocycles. The number of nitrogens with two attached hydrogens (primary N) is 1. The molecule has 0 atom stereocenters. The normalized spacial score (nSPS) is 18.9. The molecule has 2 N–H and O–H groups in total. The van der Waals surface area contributed by atoms with Crippen LogP contribution in [-0.2, 0) is 4.74 Å². The average Bonchev–Trinajstić information content (AvgIpc) is 2.61. The van der Waals surface area contributed by atoms with Crippen molar-refractivity contribution in [3.05, 3.63) is 0 Å². The van der Waals surface area contributed by atoms with Gasteiger partial charge in [-0.05, 0) is 51.4 Å². The van der Waals surface area contributed by atoms with Gasteiger partial charge in [-0.1, -0.05) is 13.8 Å². The molecule has 4 nitrogen and oxygen atoms in total. The number of hydrogen-bond donors (Lipinski definition) is 1. The van der Waals surface area contributed by atoms with Crippen LogP contribution in [0, 0.1) is 5.92 Å². The highest BCUT2D eigenvalue weighted by atomic mass is 16.5. The van der Waals surface area contributed by atoms with Gasteiger partial charge in [0.05, 0.1) is 6.61 Å². The largest absolute Gasteiger partial charge is 0.380 e. The van der Waals surface area contributed by atoms with E-state index in [-0.39, 0.29) is 0 Å². The first kappa shape index (κ1) is 16.9. The second-order valence-corrected chi connectivity index (χ2v) is 5.97. The SMILES string of the molecule is CC(C)CCOCCN1CCCN(CCCN)CC1.